The van der Waals surface area contributed by atoms with Crippen molar-refractivity contribution in [3.05, 3.63) is 33.5 Å². The van der Waals surface area contributed by atoms with E-state index >= 15 is 0 Å². The normalized spacial score (nSPS) is 9.50. The second kappa shape index (κ2) is 4.20. The minimum absolute atomic E-state index is 0.0127. The smallest absolute Gasteiger partial charge is 0.307 e. The molecule has 14 heavy (non-hydrogen) atoms. The second-order valence-corrected chi connectivity index (χ2v) is 3.38. The van der Waals surface area contributed by atoms with Crippen LogP contribution in [0.25, 0.3) is 0 Å². The third-order valence-electron chi connectivity index (χ3n) is 1.62. The highest BCUT2D eigenvalue weighted by atomic mass is 79.9. The summed E-state index contributed by atoms with van der Waals surface area (Å²) in [6.45, 7) is 0. The molecule has 0 radical (unpaired) electrons. The summed E-state index contributed by atoms with van der Waals surface area (Å²) < 4.78 is 13.4. The van der Waals surface area contributed by atoms with Gasteiger partial charge in [0.1, 0.15) is 11.9 Å². The fourth-order valence-corrected chi connectivity index (χ4v) is 1.45. The topological polar surface area (TPSA) is 61.1 Å². The fraction of sp³-hybridized carbons (Fsp3) is 0.111. The van der Waals surface area contributed by atoms with Gasteiger partial charge in [-0.25, -0.2) is 4.39 Å². The number of nitriles is 1. The quantitative estimate of drug-likeness (QED) is 0.883. The molecule has 0 bridgehead atoms. The number of carbonyl (C=O) groups is 1. The van der Waals surface area contributed by atoms with Crippen molar-refractivity contribution in [2.24, 2.45) is 0 Å². The van der Waals surface area contributed by atoms with E-state index in [4.69, 9.17) is 10.4 Å². The Hall–Kier alpha value is -1.41. The van der Waals surface area contributed by atoms with Crippen LogP contribution in [0.1, 0.15) is 11.1 Å². The summed E-state index contributed by atoms with van der Waals surface area (Å²) in [6, 6.07) is 4.46. The minimum Gasteiger partial charge on any atom is -0.481 e. The Morgan fingerprint density at radius 2 is 2.29 bits per heavy atom. The molecule has 0 unspecified atom stereocenters. The molecule has 0 heterocycles. The van der Waals surface area contributed by atoms with Crippen LogP contribution >= 0.6 is 15.9 Å². The number of nitrogens with zero attached hydrogens (tertiary/aromatic N) is 1. The molecule has 5 heteroatoms. The maximum Gasteiger partial charge on any atom is 0.307 e. The molecule has 1 aromatic rings. The van der Waals surface area contributed by atoms with E-state index in [1.54, 1.807) is 6.07 Å². The molecule has 0 aliphatic heterocycles. The fourth-order valence-electron chi connectivity index (χ4n) is 0.975. The summed E-state index contributed by atoms with van der Waals surface area (Å²) in [7, 11) is 0. The van der Waals surface area contributed by atoms with E-state index in [9.17, 15) is 9.18 Å². The molecule has 0 aliphatic carbocycles. The molecule has 0 spiro atoms. The van der Waals surface area contributed by atoms with E-state index in [1.807, 2.05) is 0 Å². The average molecular weight is 258 g/mol. The van der Waals surface area contributed by atoms with Gasteiger partial charge in [-0.3, -0.25) is 4.79 Å². The van der Waals surface area contributed by atoms with Crippen LogP contribution in [-0.2, 0) is 11.2 Å². The number of carboxylic acids is 1. The Morgan fingerprint density at radius 1 is 1.64 bits per heavy atom. The summed E-state index contributed by atoms with van der Waals surface area (Å²) >= 11 is 2.89. The number of halogens is 2. The van der Waals surface area contributed by atoms with Gasteiger partial charge in [-0.15, -0.1) is 0 Å². The van der Waals surface area contributed by atoms with Gasteiger partial charge in [0.15, 0.2) is 0 Å². The highest BCUT2D eigenvalue weighted by Crippen LogP contribution is 2.23. The molecule has 0 saturated heterocycles. The lowest BCUT2D eigenvalue weighted by Gasteiger charge is -2.02. The monoisotopic (exact) mass is 257 g/mol. The van der Waals surface area contributed by atoms with Gasteiger partial charge in [-0.1, -0.05) is 6.07 Å². The van der Waals surface area contributed by atoms with E-state index in [-0.39, 0.29) is 15.6 Å². The molecule has 1 rings (SSSR count). The Balaban J connectivity index is 3.18. The van der Waals surface area contributed by atoms with E-state index in [1.165, 1.54) is 12.1 Å². The van der Waals surface area contributed by atoms with Crippen LogP contribution in [0.15, 0.2) is 16.6 Å². The van der Waals surface area contributed by atoms with Crippen LogP contribution in [0.5, 0.6) is 0 Å². The zero-order chi connectivity index (χ0) is 10.7. The lowest BCUT2D eigenvalue weighted by molar-refractivity contribution is -0.136. The van der Waals surface area contributed by atoms with Crippen LogP contribution < -0.4 is 0 Å². The number of carboxylic acid groups (broad SMARTS) is 1. The van der Waals surface area contributed by atoms with Crippen molar-refractivity contribution in [3.8, 4) is 6.07 Å². The Morgan fingerprint density at radius 3 is 2.79 bits per heavy atom. The first-order chi connectivity index (χ1) is 6.56. The molecular formula is C9H5BrFNO2. The number of hydrogen-bond donors (Lipinski definition) is 1. The Kier molecular flexibility index (Phi) is 3.20. The predicted octanol–water partition coefficient (Wildman–Crippen LogP) is 2.09. The lowest BCUT2D eigenvalue weighted by Crippen LogP contribution is -2.03. The maximum absolute atomic E-state index is 13.3. The van der Waals surface area contributed by atoms with Crippen LogP contribution in [0.3, 0.4) is 0 Å². The molecule has 0 atom stereocenters. The Bertz CT molecular complexity index is 426. The zero-order valence-corrected chi connectivity index (χ0v) is 8.51. The molecule has 72 valence electrons. The summed E-state index contributed by atoms with van der Waals surface area (Å²) in [4.78, 5) is 10.3. The molecule has 0 amide bonds. The summed E-state index contributed by atoms with van der Waals surface area (Å²) in [5.41, 5.74) is 0.208. The molecule has 1 aromatic carbocycles. The van der Waals surface area contributed by atoms with Gasteiger partial charge in [0.2, 0.25) is 0 Å². The molecule has 1 N–H and O–H groups in total. The van der Waals surface area contributed by atoms with Crippen molar-refractivity contribution in [1.29, 1.82) is 5.26 Å². The highest BCUT2D eigenvalue weighted by molar-refractivity contribution is 9.10. The molecule has 0 fully saturated rings. The highest BCUT2D eigenvalue weighted by Gasteiger charge is 2.12. The van der Waals surface area contributed by atoms with Crippen molar-refractivity contribution in [2.75, 3.05) is 0 Å². The minimum atomic E-state index is -1.11. The SMILES string of the molecule is N#Cc1ccc(CC(=O)O)c(F)c1Br. The largest absolute Gasteiger partial charge is 0.481 e. The van der Waals surface area contributed by atoms with Crippen LogP contribution in [0.4, 0.5) is 4.39 Å². The van der Waals surface area contributed by atoms with Gasteiger partial charge >= 0.3 is 5.97 Å². The first-order valence-corrected chi connectivity index (χ1v) is 4.44. The summed E-state index contributed by atoms with van der Waals surface area (Å²) in [5, 5.41) is 17.0. The summed E-state index contributed by atoms with van der Waals surface area (Å²) in [5.74, 6) is -1.80. The van der Waals surface area contributed by atoms with Gasteiger partial charge in [-0.2, -0.15) is 5.26 Å². The lowest BCUT2D eigenvalue weighted by atomic mass is 10.1. The predicted molar refractivity (Wildman–Crippen MR) is 50.2 cm³/mol. The van der Waals surface area contributed by atoms with Crippen molar-refractivity contribution in [2.45, 2.75) is 6.42 Å². The van der Waals surface area contributed by atoms with Crippen molar-refractivity contribution >= 4 is 21.9 Å². The van der Waals surface area contributed by atoms with E-state index < -0.39 is 18.2 Å². The first kappa shape index (κ1) is 10.7. The average Bonchev–Trinajstić information content (AvgIpc) is 2.13. The third kappa shape index (κ3) is 2.09. The number of hydrogen-bond acceptors (Lipinski definition) is 2. The van der Waals surface area contributed by atoms with E-state index in [0.29, 0.717) is 0 Å². The zero-order valence-electron chi connectivity index (χ0n) is 6.92. The third-order valence-corrected chi connectivity index (χ3v) is 2.40. The van der Waals surface area contributed by atoms with Crippen LogP contribution in [-0.4, -0.2) is 11.1 Å². The van der Waals surface area contributed by atoms with Gasteiger partial charge < -0.3 is 5.11 Å². The van der Waals surface area contributed by atoms with Crippen molar-refractivity contribution < 1.29 is 14.3 Å². The standard InChI is InChI=1S/C9H5BrFNO2/c10-8-6(4-12)2-1-5(9(8)11)3-7(13)14/h1-2H,3H2,(H,13,14). The Labute approximate surface area is 87.9 Å². The summed E-state index contributed by atoms with van der Waals surface area (Å²) in [6.07, 6.45) is -0.393. The van der Waals surface area contributed by atoms with E-state index in [2.05, 4.69) is 15.9 Å². The molecule has 3 nitrogen and oxygen atoms in total. The molecule has 0 saturated carbocycles. The van der Waals surface area contributed by atoms with Crippen LogP contribution in [0, 0.1) is 17.1 Å². The van der Waals surface area contributed by atoms with Gasteiger partial charge in [0.25, 0.3) is 0 Å². The first-order valence-electron chi connectivity index (χ1n) is 3.65. The van der Waals surface area contributed by atoms with Crippen molar-refractivity contribution in [3.63, 3.8) is 0 Å². The van der Waals surface area contributed by atoms with Gasteiger partial charge in [0.05, 0.1) is 16.5 Å². The number of aliphatic carboxylic acids is 1. The number of benzene rings is 1. The van der Waals surface area contributed by atoms with Crippen LogP contribution in [0.2, 0.25) is 0 Å². The molecule has 0 aromatic heterocycles. The second-order valence-electron chi connectivity index (χ2n) is 2.58. The maximum atomic E-state index is 13.3. The molecule has 0 aliphatic rings. The van der Waals surface area contributed by atoms with Crippen molar-refractivity contribution in [1.82, 2.24) is 0 Å². The van der Waals surface area contributed by atoms with Gasteiger partial charge in [0, 0.05) is 5.56 Å². The number of rotatable bonds is 2. The molecular weight excluding hydrogens is 253 g/mol. The van der Waals surface area contributed by atoms with E-state index in [0.717, 1.165) is 0 Å². The van der Waals surface area contributed by atoms with Gasteiger partial charge in [-0.05, 0) is 22.0 Å².